The molecule has 120 valence electrons. The van der Waals surface area contributed by atoms with E-state index in [1.165, 1.54) is 6.92 Å². The van der Waals surface area contributed by atoms with Gasteiger partial charge in [0.2, 0.25) is 0 Å². The Bertz CT molecular complexity index is 741. The molecule has 0 aromatic heterocycles. The van der Waals surface area contributed by atoms with Gasteiger partial charge in [-0.3, -0.25) is 9.59 Å². The maximum Gasteiger partial charge on any atom is 0.325 e. The second kappa shape index (κ2) is 6.96. The van der Waals surface area contributed by atoms with Gasteiger partial charge in [-0.15, -0.1) is 0 Å². The maximum absolute atomic E-state index is 12.3. The van der Waals surface area contributed by atoms with Gasteiger partial charge in [0, 0.05) is 5.69 Å². The van der Waals surface area contributed by atoms with Crippen LogP contribution in [0, 0.1) is 13.8 Å². The summed E-state index contributed by atoms with van der Waals surface area (Å²) in [6, 6.07) is 12.0. The number of carbonyl (C=O) groups is 2. The maximum atomic E-state index is 12.3. The Morgan fingerprint density at radius 2 is 1.65 bits per heavy atom. The van der Waals surface area contributed by atoms with Crippen LogP contribution in [0.3, 0.4) is 0 Å². The molecule has 23 heavy (non-hydrogen) atoms. The van der Waals surface area contributed by atoms with Crippen molar-refractivity contribution in [3.05, 3.63) is 59.2 Å². The van der Waals surface area contributed by atoms with Gasteiger partial charge in [-0.1, -0.05) is 24.3 Å². The summed E-state index contributed by atoms with van der Waals surface area (Å²) in [5.74, 6) is -1.49. The van der Waals surface area contributed by atoms with E-state index in [1.54, 1.807) is 18.2 Å². The van der Waals surface area contributed by atoms with Gasteiger partial charge in [0.15, 0.2) is 0 Å². The molecule has 5 heteroatoms. The molecule has 1 amide bonds. The van der Waals surface area contributed by atoms with Crippen LogP contribution >= 0.6 is 0 Å². The molecule has 3 N–H and O–H groups in total. The van der Waals surface area contributed by atoms with Crippen LogP contribution < -0.4 is 10.6 Å². The quantitative estimate of drug-likeness (QED) is 0.792. The van der Waals surface area contributed by atoms with E-state index in [1.807, 2.05) is 38.1 Å². The Morgan fingerprint density at radius 1 is 1.00 bits per heavy atom. The summed E-state index contributed by atoms with van der Waals surface area (Å²) in [6.45, 7) is 5.46. The minimum atomic E-state index is -1.07. The lowest BCUT2D eigenvalue weighted by Gasteiger charge is -2.16. The number of carboxylic acid groups (broad SMARTS) is 1. The van der Waals surface area contributed by atoms with E-state index in [9.17, 15) is 9.59 Å². The van der Waals surface area contributed by atoms with Gasteiger partial charge in [0.25, 0.3) is 5.91 Å². The number of anilines is 2. The van der Waals surface area contributed by atoms with Gasteiger partial charge in [-0.05, 0) is 50.1 Å². The zero-order valence-electron chi connectivity index (χ0n) is 13.4. The fourth-order valence-corrected chi connectivity index (χ4v) is 2.16. The minimum absolute atomic E-state index is 0.404. The fourth-order valence-electron chi connectivity index (χ4n) is 2.16. The Labute approximate surface area is 135 Å². The van der Waals surface area contributed by atoms with E-state index < -0.39 is 17.9 Å². The molecule has 0 fully saturated rings. The third kappa shape index (κ3) is 3.88. The normalized spacial score (nSPS) is 11.6. The molecule has 0 spiro atoms. The molecule has 0 aliphatic rings. The van der Waals surface area contributed by atoms with Crippen LogP contribution in [0.5, 0.6) is 0 Å². The highest BCUT2D eigenvalue weighted by molar-refractivity contribution is 6.01. The van der Waals surface area contributed by atoms with Crippen LogP contribution in [0.25, 0.3) is 0 Å². The molecule has 0 saturated carbocycles. The number of hydrogen-bond donors (Lipinski definition) is 3. The smallest absolute Gasteiger partial charge is 0.325 e. The molecule has 2 rings (SSSR count). The van der Waals surface area contributed by atoms with Crippen LogP contribution in [-0.4, -0.2) is 23.0 Å². The van der Waals surface area contributed by atoms with Crippen LogP contribution in [0.15, 0.2) is 42.5 Å². The van der Waals surface area contributed by atoms with Crippen molar-refractivity contribution in [1.29, 1.82) is 0 Å². The van der Waals surface area contributed by atoms with Gasteiger partial charge in [0.1, 0.15) is 6.04 Å². The molecule has 0 aliphatic carbocycles. The third-order valence-electron chi connectivity index (χ3n) is 3.76. The third-order valence-corrected chi connectivity index (χ3v) is 3.76. The number of para-hydroxylation sites is 1. The van der Waals surface area contributed by atoms with Gasteiger partial charge in [-0.2, -0.15) is 0 Å². The number of hydrogen-bond acceptors (Lipinski definition) is 3. The highest BCUT2D eigenvalue weighted by atomic mass is 16.4. The first-order valence-electron chi connectivity index (χ1n) is 7.36. The number of aliphatic carboxylic acids is 1. The molecular weight excluding hydrogens is 292 g/mol. The average molecular weight is 312 g/mol. The van der Waals surface area contributed by atoms with Crippen molar-refractivity contribution < 1.29 is 14.7 Å². The van der Waals surface area contributed by atoms with E-state index in [0.29, 0.717) is 11.3 Å². The monoisotopic (exact) mass is 312 g/mol. The van der Waals surface area contributed by atoms with E-state index >= 15 is 0 Å². The summed E-state index contributed by atoms with van der Waals surface area (Å²) in [6.07, 6.45) is 0. The predicted molar refractivity (Wildman–Crippen MR) is 90.2 cm³/mol. The molecule has 2 aromatic carbocycles. The number of rotatable bonds is 5. The van der Waals surface area contributed by atoms with Gasteiger partial charge in [-0.25, -0.2) is 0 Å². The minimum Gasteiger partial charge on any atom is -0.480 e. The van der Waals surface area contributed by atoms with Crippen LogP contribution in [0.2, 0.25) is 0 Å². The van der Waals surface area contributed by atoms with Crippen molar-refractivity contribution in [2.24, 2.45) is 0 Å². The number of nitrogens with one attached hydrogen (secondary N) is 2. The topological polar surface area (TPSA) is 78.4 Å². The SMILES string of the molecule is Cc1cccc(Nc2ccccc2C(=O)N[C@H](C)C(=O)O)c1C. The number of amides is 1. The lowest BCUT2D eigenvalue weighted by molar-refractivity contribution is -0.138. The van der Waals surface area contributed by atoms with E-state index in [-0.39, 0.29) is 0 Å². The summed E-state index contributed by atoms with van der Waals surface area (Å²) in [4.78, 5) is 23.2. The largest absolute Gasteiger partial charge is 0.480 e. The first-order valence-corrected chi connectivity index (χ1v) is 7.36. The summed E-state index contributed by atoms with van der Waals surface area (Å²) < 4.78 is 0. The molecule has 0 bridgehead atoms. The number of benzene rings is 2. The first-order chi connectivity index (χ1) is 10.9. The molecule has 0 unspecified atom stereocenters. The highest BCUT2D eigenvalue weighted by Crippen LogP contribution is 2.25. The van der Waals surface area contributed by atoms with E-state index in [2.05, 4.69) is 10.6 Å². The fraction of sp³-hybridized carbons (Fsp3) is 0.222. The van der Waals surface area contributed by atoms with Crippen molar-refractivity contribution in [3.8, 4) is 0 Å². The average Bonchev–Trinajstić information content (AvgIpc) is 2.52. The highest BCUT2D eigenvalue weighted by Gasteiger charge is 2.17. The molecular formula is C18H20N2O3. The van der Waals surface area contributed by atoms with E-state index in [0.717, 1.165) is 16.8 Å². The van der Waals surface area contributed by atoms with Crippen LogP contribution in [-0.2, 0) is 4.79 Å². The predicted octanol–water partition coefficient (Wildman–Crippen LogP) is 3.25. The molecule has 0 heterocycles. The molecule has 5 nitrogen and oxygen atoms in total. The second-order valence-electron chi connectivity index (χ2n) is 5.45. The first kappa shape index (κ1) is 16.5. The van der Waals surface area contributed by atoms with Crippen molar-refractivity contribution in [2.45, 2.75) is 26.8 Å². The number of aryl methyl sites for hydroxylation is 1. The summed E-state index contributed by atoms with van der Waals surface area (Å²) in [7, 11) is 0. The lowest BCUT2D eigenvalue weighted by Crippen LogP contribution is -2.38. The van der Waals surface area contributed by atoms with Crippen LogP contribution in [0.4, 0.5) is 11.4 Å². The Hall–Kier alpha value is -2.82. The number of carboxylic acids is 1. The summed E-state index contributed by atoms with van der Waals surface area (Å²) in [5, 5.41) is 14.6. The molecule has 0 radical (unpaired) electrons. The van der Waals surface area contributed by atoms with Crippen molar-refractivity contribution in [2.75, 3.05) is 5.32 Å². The van der Waals surface area contributed by atoms with Crippen LogP contribution in [0.1, 0.15) is 28.4 Å². The number of carbonyl (C=O) groups excluding carboxylic acids is 1. The van der Waals surface area contributed by atoms with Gasteiger partial charge in [0.05, 0.1) is 11.3 Å². The summed E-state index contributed by atoms with van der Waals surface area (Å²) >= 11 is 0. The van der Waals surface area contributed by atoms with E-state index in [4.69, 9.17) is 5.11 Å². The molecule has 1 atom stereocenters. The Kier molecular flexibility index (Phi) is 5.01. The Balaban J connectivity index is 2.29. The lowest BCUT2D eigenvalue weighted by atomic mass is 10.1. The Morgan fingerprint density at radius 3 is 2.35 bits per heavy atom. The van der Waals surface area contributed by atoms with Crippen molar-refractivity contribution in [3.63, 3.8) is 0 Å². The molecule has 0 aliphatic heterocycles. The summed E-state index contributed by atoms with van der Waals surface area (Å²) in [5.41, 5.74) is 4.20. The second-order valence-corrected chi connectivity index (χ2v) is 5.45. The molecule has 0 saturated heterocycles. The zero-order chi connectivity index (χ0) is 17.0. The van der Waals surface area contributed by atoms with Gasteiger partial charge >= 0.3 is 5.97 Å². The van der Waals surface area contributed by atoms with Crippen molar-refractivity contribution in [1.82, 2.24) is 5.32 Å². The van der Waals surface area contributed by atoms with Gasteiger partial charge < -0.3 is 15.7 Å². The standard InChI is InChI=1S/C18H20N2O3/c1-11-7-6-10-15(12(11)2)20-16-9-5-4-8-14(16)17(21)19-13(3)18(22)23/h4-10,13,20H,1-3H3,(H,19,21)(H,22,23)/t13-/m1/s1. The zero-order valence-corrected chi connectivity index (χ0v) is 13.4. The molecule has 2 aromatic rings. The van der Waals surface area contributed by atoms with Crippen molar-refractivity contribution >= 4 is 23.3 Å².